The fourth-order valence-electron chi connectivity index (χ4n) is 0.974. The van der Waals surface area contributed by atoms with Gasteiger partial charge in [0.2, 0.25) is 0 Å². The van der Waals surface area contributed by atoms with Crippen molar-refractivity contribution in [1.82, 2.24) is 0 Å². The Morgan fingerprint density at radius 2 is 1.85 bits per heavy atom. The van der Waals surface area contributed by atoms with E-state index in [4.69, 9.17) is 5.11 Å². The normalized spacial score (nSPS) is 11.2. The van der Waals surface area contributed by atoms with Gasteiger partial charge in [-0.1, -0.05) is 30.3 Å². The monoisotopic (exact) mass is 186 g/mol. The van der Waals surface area contributed by atoms with Crippen molar-refractivity contribution in [1.29, 1.82) is 0 Å². The molecular weight excluding hydrogens is 178 g/mol. The quantitative estimate of drug-likeness (QED) is 0.786. The van der Waals surface area contributed by atoms with E-state index in [9.17, 15) is 13.6 Å². The van der Waals surface area contributed by atoms with E-state index >= 15 is 0 Å². The molecule has 0 bridgehead atoms. The lowest BCUT2D eigenvalue weighted by atomic mass is 10.1. The predicted octanol–water partition coefficient (Wildman–Crippen LogP) is 2.25. The maximum atomic E-state index is 13.0. The number of alkyl halides is 2. The van der Waals surface area contributed by atoms with Crippen molar-refractivity contribution in [2.45, 2.75) is 12.3 Å². The first-order chi connectivity index (χ1) is 6.02. The summed E-state index contributed by atoms with van der Waals surface area (Å²) in [4.78, 5) is 10.1. The van der Waals surface area contributed by atoms with Gasteiger partial charge in [-0.2, -0.15) is 0 Å². The van der Waals surface area contributed by atoms with E-state index in [0.717, 1.165) is 0 Å². The number of benzene rings is 1. The standard InChI is InChI=1S/C9H8F2O2/c10-9(11,6-8(12)13)7-4-2-1-3-5-7/h1-5H,6H2,(H,12,13). The molecular formula is C9H8F2O2. The minimum atomic E-state index is -3.28. The van der Waals surface area contributed by atoms with Crippen molar-refractivity contribution >= 4 is 5.97 Å². The van der Waals surface area contributed by atoms with Gasteiger partial charge >= 0.3 is 5.97 Å². The average molecular weight is 186 g/mol. The van der Waals surface area contributed by atoms with Crippen LogP contribution in [0.5, 0.6) is 0 Å². The fourth-order valence-corrected chi connectivity index (χ4v) is 0.974. The lowest BCUT2D eigenvalue weighted by molar-refractivity contribution is -0.145. The Labute approximate surface area is 73.8 Å². The lowest BCUT2D eigenvalue weighted by Crippen LogP contribution is -2.18. The maximum absolute atomic E-state index is 13.0. The zero-order valence-electron chi connectivity index (χ0n) is 6.71. The molecule has 70 valence electrons. The molecule has 0 unspecified atom stereocenters. The molecule has 0 fully saturated rings. The molecule has 0 aromatic heterocycles. The molecule has 0 saturated carbocycles. The first kappa shape index (κ1) is 9.64. The van der Waals surface area contributed by atoms with Crippen LogP contribution in [0.25, 0.3) is 0 Å². The topological polar surface area (TPSA) is 37.3 Å². The molecule has 0 aliphatic rings. The SMILES string of the molecule is O=C(O)CC(F)(F)c1ccccc1. The smallest absolute Gasteiger partial charge is 0.309 e. The molecule has 4 heteroatoms. The Balaban J connectivity index is 2.87. The summed E-state index contributed by atoms with van der Waals surface area (Å²) in [6.45, 7) is 0. The summed E-state index contributed by atoms with van der Waals surface area (Å²) < 4.78 is 26.1. The third kappa shape index (κ3) is 2.50. The molecule has 0 atom stereocenters. The predicted molar refractivity (Wildman–Crippen MR) is 42.6 cm³/mol. The van der Waals surface area contributed by atoms with Crippen LogP contribution in [0.15, 0.2) is 30.3 Å². The molecule has 0 aliphatic carbocycles. The first-order valence-corrected chi connectivity index (χ1v) is 3.67. The maximum Gasteiger partial charge on any atom is 0.309 e. The van der Waals surface area contributed by atoms with Crippen molar-refractivity contribution in [3.05, 3.63) is 35.9 Å². The van der Waals surface area contributed by atoms with Crippen LogP contribution < -0.4 is 0 Å². The van der Waals surface area contributed by atoms with Gasteiger partial charge in [0.25, 0.3) is 5.92 Å². The van der Waals surface area contributed by atoms with Gasteiger partial charge in [0, 0.05) is 5.56 Å². The van der Waals surface area contributed by atoms with E-state index in [-0.39, 0.29) is 5.56 Å². The van der Waals surface area contributed by atoms with Crippen molar-refractivity contribution in [2.24, 2.45) is 0 Å². The van der Waals surface area contributed by atoms with Gasteiger partial charge < -0.3 is 5.11 Å². The van der Waals surface area contributed by atoms with Gasteiger partial charge in [-0.25, -0.2) is 8.78 Å². The van der Waals surface area contributed by atoms with E-state index in [2.05, 4.69) is 0 Å². The number of carboxylic acids is 1. The average Bonchev–Trinajstić information content (AvgIpc) is 2.04. The number of rotatable bonds is 3. The molecule has 13 heavy (non-hydrogen) atoms. The number of carbonyl (C=O) groups is 1. The van der Waals surface area contributed by atoms with Crippen LogP contribution in [0.1, 0.15) is 12.0 Å². The number of carboxylic acid groups (broad SMARTS) is 1. The highest BCUT2D eigenvalue weighted by Crippen LogP contribution is 2.30. The Bertz CT molecular complexity index is 296. The highest BCUT2D eigenvalue weighted by molar-refractivity contribution is 5.68. The van der Waals surface area contributed by atoms with Crippen molar-refractivity contribution in [3.8, 4) is 0 Å². The van der Waals surface area contributed by atoms with Crippen LogP contribution >= 0.6 is 0 Å². The number of halogens is 2. The molecule has 0 heterocycles. The van der Waals surface area contributed by atoms with Gasteiger partial charge in [0.15, 0.2) is 0 Å². The second-order valence-electron chi connectivity index (χ2n) is 2.64. The van der Waals surface area contributed by atoms with E-state index in [1.807, 2.05) is 0 Å². The van der Waals surface area contributed by atoms with Gasteiger partial charge in [-0.05, 0) is 0 Å². The molecule has 1 aromatic rings. The van der Waals surface area contributed by atoms with Crippen LogP contribution in [0.3, 0.4) is 0 Å². The van der Waals surface area contributed by atoms with E-state index in [0.29, 0.717) is 0 Å². The number of hydrogen-bond donors (Lipinski definition) is 1. The Morgan fingerprint density at radius 1 is 1.31 bits per heavy atom. The molecule has 1 aromatic carbocycles. The minimum absolute atomic E-state index is 0.266. The van der Waals surface area contributed by atoms with Gasteiger partial charge in [-0.15, -0.1) is 0 Å². The number of hydrogen-bond acceptors (Lipinski definition) is 1. The summed E-state index contributed by atoms with van der Waals surface area (Å²) >= 11 is 0. The molecule has 0 aliphatic heterocycles. The zero-order valence-corrected chi connectivity index (χ0v) is 6.71. The van der Waals surface area contributed by atoms with E-state index in [1.54, 1.807) is 6.07 Å². The van der Waals surface area contributed by atoms with Crippen LogP contribution in [-0.2, 0) is 10.7 Å². The van der Waals surface area contributed by atoms with E-state index in [1.165, 1.54) is 24.3 Å². The Morgan fingerprint density at radius 3 is 2.31 bits per heavy atom. The highest BCUT2D eigenvalue weighted by atomic mass is 19.3. The first-order valence-electron chi connectivity index (χ1n) is 3.67. The van der Waals surface area contributed by atoms with Crippen LogP contribution in [0.4, 0.5) is 8.78 Å². The Hall–Kier alpha value is -1.45. The van der Waals surface area contributed by atoms with Crippen LogP contribution in [-0.4, -0.2) is 11.1 Å². The second kappa shape index (κ2) is 3.51. The van der Waals surface area contributed by atoms with Gasteiger partial charge in [0.1, 0.15) is 6.42 Å². The molecule has 0 saturated heterocycles. The highest BCUT2D eigenvalue weighted by Gasteiger charge is 2.34. The largest absolute Gasteiger partial charge is 0.481 e. The molecule has 0 radical (unpaired) electrons. The van der Waals surface area contributed by atoms with Crippen molar-refractivity contribution in [3.63, 3.8) is 0 Å². The second-order valence-corrected chi connectivity index (χ2v) is 2.64. The summed E-state index contributed by atoms with van der Waals surface area (Å²) in [5, 5.41) is 8.23. The number of aliphatic carboxylic acids is 1. The third-order valence-electron chi connectivity index (χ3n) is 1.57. The molecule has 0 amide bonds. The minimum Gasteiger partial charge on any atom is -0.481 e. The summed E-state index contributed by atoms with van der Waals surface area (Å²) in [6.07, 6.45) is -1.17. The summed E-state index contributed by atoms with van der Waals surface area (Å²) in [7, 11) is 0. The molecule has 2 nitrogen and oxygen atoms in total. The van der Waals surface area contributed by atoms with Crippen molar-refractivity contribution in [2.75, 3.05) is 0 Å². The van der Waals surface area contributed by atoms with Gasteiger partial charge in [0.05, 0.1) is 0 Å². The summed E-state index contributed by atoms with van der Waals surface area (Å²) in [5.74, 6) is -4.79. The Kier molecular flexibility index (Phi) is 2.60. The van der Waals surface area contributed by atoms with Crippen LogP contribution in [0, 0.1) is 0 Å². The fraction of sp³-hybridized carbons (Fsp3) is 0.222. The summed E-state index contributed by atoms with van der Waals surface area (Å²) in [6, 6.07) is 6.92. The van der Waals surface area contributed by atoms with E-state index < -0.39 is 18.3 Å². The molecule has 0 spiro atoms. The zero-order chi connectivity index (χ0) is 9.90. The van der Waals surface area contributed by atoms with Gasteiger partial charge in [-0.3, -0.25) is 4.79 Å². The molecule has 1 N–H and O–H groups in total. The van der Waals surface area contributed by atoms with Crippen LogP contribution in [0.2, 0.25) is 0 Å². The molecule has 1 rings (SSSR count). The summed E-state index contributed by atoms with van der Waals surface area (Å²) in [5.41, 5.74) is -0.266. The lowest BCUT2D eigenvalue weighted by Gasteiger charge is -2.13. The van der Waals surface area contributed by atoms with Crippen molar-refractivity contribution < 1.29 is 18.7 Å². The third-order valence-corrected chi connectivity index (χ3v) is 1.57.